The minimum Gasteiger partial charge on any atom is -0.367 e. The van der Waals surface area contributed by atoms with Gasteiger partial charge in [0.25, 0.3) is 0 Å². The quantitative estimate of drug-likeness (QED) is 0.454. The Balaban J connectivity index is 1.45. The highest BCUT2D eigenvalue weighted by molar-refractivity contribution is 8.13. The molecule has 1 unspecified atom stereocenters. The number of rotatable bonds is 5. The number of para-hydroxylation sites is 1. The van der Waals surface area contributed by atoms with Crippen LogP contribution >= 0.6 is 10.5 Å². The van der Waals surface area contributed by atoms with Gasteiger partial charge in [-0.2, -0.15) is 5.10 Å². The van der Waals surface area contributed by atoms with Crippen molar-refractivity contribution in [3.05, 3.63) is 54.1 Å². The van der Waals surface area contributed by atoms with Gasteiger partial charge < -0.3 is 9.80 Å². The molecule has 3 aromatic rings. The van der Waals surface area contributed by atoms with Crippen molar-refractivity contribution in [1.82, 2.24) is 24.6 Å². The van der Waals surface area contributed by atoms with E-state index in [1.165, 1.54) is 0 Å². The zero-order chi connectivity index (χ0) is 22.0. The van der Waals surface area contributed by atoms with Crippen LogP contribution in [0.1, 0.15) is 11.4 Å². The van der Waals surface area contributed by atoms with Crippen molar-refractivity contribution in [3.8, 4) is 11.1 Å². The maximum absolute atomic E-state index is 12.8. The Morgan fingerprint density at radius 1 is 1.10 bits per heavy atom. The van der Waals surface area contributed by atoms with Crippen LogP contribution < -0.4 is 4.90 Å². The Bertz CT molecular complexity index is 1100. The van der Waals surface area contributed by atoms with E-state index in [1.54, 1.807) is 4.68 Å². The fraction of sp³-hybridized carbons (Fsp3) is 0.348. The van der Waals surface area contributed by atoms with Crippen molar-refractivity contribution in [2.24, 2.45) is 0 Å². The van der Waals surface area contributed by atoms with Crippen molar-refractivity contribution in [3.63, 3.8) is 0 Å². The molecule has 162 valence electrons. The first-order valence-electron chi connectivity index (χ1n) is 10.3. The highest BCUT2D eigenvalue weighted by Crippen LogP contribution is 2.31. The van der Waals surface area contributed by atoms with Crippen LogP contribution in [0.4, 0.5) is 5.69 Å². The molecule has 0 N–H and O–H groups in total. The Kier molecular flexibility index (Phi) is 6.18. The van der Waals surface area contributed by atoms with E-state index in [-0.39, 0.29) is 16.4 Å². The predicted octanol–water partition coefficient (Wildman–Crippen LogP) is 3.00. The summed E-state index contributed by atoms with van der Waals surface area (Å²) in [7, 11) is -0.203. The van der Waals surface area contributed by atoms with Crippen LogP contribution in [0.2, 0.25) is 0 Å². The van der Waals surface area contributed by atoms with E-state index in [1.807, 2.05) is 55.6 Å². The predicted molar refractivity (Wildman–Crippen MR) is 127 cm³/mol. The first kappa shape index (κ1) is 21.2. The third-order valence-corrected chi connectivity index (χ3v) is 6.35. The number of piperazine rings is 1. The van der Waals surface area contributed by atoms with E-state index in [0.29, 0.717) is 19.6 Å². The number of benzene rings is 1. The summed E-state index contributed by atoms with van der Waals surface area (Å²) >= 11 is 0. The summed E-state index contributed by atoms with van der Waals surface area (Å²) in [6.07, 6.45) is 5.77. The molecule has 7 nitrogen and oxygen atoms in total. The van der Waals surface area contributed by atoms with Crippen molar-refractivity contribution in [2.45, 2.75) is 25.5 Å². The molecular weight excluding hydrogens is 408 g/mol. The molecule has 8 heteroatoms. The van der Waals surface area contributed by atoms with Crippen molar-refractivity contribution < 1.29 is 4.79 Å². The highest BCUT2D eigenvalue weighted by atomic mass is 32.2. The van der Waals surface area contributed by atoms with Gasteiger partial charge in [0.2, 0.25) is 5.91 Å². The van der Waals surface area contributed by atoms with Crippen LogP contribution in [0.15, 0.2) is 47.9 Å². The molecule has 1 aromatic carbocycles. The Morgan fingerprint density at radius 2 is 1.77 bits per heavy atom. The number of carbonyl (C=O) groups is 1. The molecule has 3 heterocycles. The molecule has 31 heavy (non-hydrogen) atoms. The fourth-order valence-electron chi connectivity index (χ4n) is 3.89. The number of aromatic nitrogens is 4. The third kappa shape index (κ3) is 4.69. The van der Waals surface area contributed by atoms with Crippen molar-refractivity contribution in [1.29, 1.82) is 0 Å². The second-order valence-electron chi connectivity index (χ2n) is 7.86. The largest absolute Gasteiger partial charge is 0.367 e. The van der Waals surface area contributed by atoms with E-state index in [9.17, 15) is 4.79 Å². The summed E-state index contributed by atoms with van der Waals surface area (Å²) in [5.41, 5.74) is 5.20. The van der Waals surface area contributed by atoms with Gasteiger partial charge in [-0.25, -0.2) is 9.97 Å². The van der Waals surface area contributed by atoms with E-state index in [2.05, 4.69) is 38.0 Å². The molecule has 4 rings (SSSR count). The maximum atomic E-state index is 12.8. The van der Waals surface area contributed by atoms with Gasteiger partial charge in [0.15, 0.2) is 5.16 Å². The number of carbonyl (C=O) groups excluding carboxylic acids is 1. The number of hydrogen-bond donors (Lipinski definition) is 0. The van der Waals surface area contributed by atoms with E-state index >= 15 is 0 Å². The van der Waals surface area contributed by atoms with Gasteiger partial charge in [0, 0.05) is 61.1 Å². The van der Waals surface area contributed by atoms with Gasteiger partial charge in [-0.1, -0.05) is 24.1 Å². The lowest BCUT2D eigenvalue weighted by Crippen LogP contribution is -2.49. The second-order valence-corrected chi connectivity index (χ2v) is 9.50. The molecule has 2 aromatic heterocycles. The lowest BCUT2D eigenvalue weighted by Gasteiger charge is -2.37. The minimum absolute atomic E-state index is 0.117. The van der Waals surface area contributed by atoms with Crippen LogP contribution in [0.5, 0.6) is 0 Å². The van der Waals surface area contributed by atoms with Crippen LogP contribution in [0.3, 0.4) is 0 Å². The molecule has 1 aliphatic heterocycles. The van der Waals surface area contributed by atoms with Gasteiger partial charge in [-0.3, -0.25) is 9.48 Å². The van der Waals surface area contributed by atoms with Crippen LogP contribution in [0, 0.1) is 13.8 Å². The zero-order valence-electron chi connectivity index (χ0n) is 18.3. The summed E-state index contributed by atoms with van der Waals surface area (Å²) < 4.78 is 1.79. The van der Waals surface area contributed by atoms with Crippen LogP contribution in [0.25, 0.3) is 11.1 Å². The van der Waals surface area contributed by atoms with Gasteiger partial charge in [0.1, 0.15) is 6.54 Å². The van der Waals surface area contributed by atoms with Crippen molar-refractivity contribution in [2.75, 3.05) is 37.3 Å². The first-order chi connectivity index (χ1) is 14.9. The van der Waals surface area contributed by atoms with Gasteiger partial charge in [0.05, 0.1) is 5.69 Å². The number of amides is 1. The van der Waals surface area contributed by atoms with Crippen LogP contribution in [-0.2, 0) is 11.3 Å². The summed E-state index contributed by atoms with van der Waals surface area (Å²) in [6, 6.07) is 10.3. The first-order valence-corrected chi connectivity index (χ1v) is 12.1. The molecule has 1 fully saturated rings. The maximum Gasteiger partial charge on any atom is 0.244 e. The molecule has 0 spiro atoms. The molecular formula is C23H28N6OS. The third-order valence-electron chi connectivity index (χ3n) is 5.52. The molecule has 1 atom stereocenters. The molecule has 1 saturated heterocycles. The van der Waals surface area contributed by atoms with E-state index < -0.39 is 0 Å². The molecule has 0 aliphatic carbocycles. The topological polar surface area (TPSA) is 67.2 Å². The Morgan fingerprint density at radius 3 is 2.39 bits per heavy atom. The minimum atomic E-state index is -0.203. The van der Waals surface area contributed by atoms with Crippen molar-refractivity contribution >= 4 is 27.9 Å². The second kappa shape index (κ2) is 9.01. The number of nitrogens with zero attached hydrogens (tertiary/aromatic N) is 6. The van der Waals surface area contributed by atoms with Crippen LogP contribution in [-0.4, -0.2) is 68.9 Å². The molecule has 0 radical (unpaired) electrons. The van der Waals surface area contributed by atoms with E-state index in [0.717, 1.165) is 46.4 Å². The van der Waals surface area contributed by atoms with E-state index in [4.69, 9.17) is 0 Å². The lowest BCUT2D eigenvalue weighted by molar-refractivity contribution is -0.132. The summed E-state index contributed by atoms with van der Waals surface area (Å²) in [5.74, 6) is 4.13. The van der Waals surface area contributed by atoms with Gasteiger partial charge in [-0.15, -0.1) is 10.5 Å². The highest BCUT2D eigenvalue weighted by Gasteiger charge is 2.23. The number of anilines is 1. The number of hydrogen-bond acceptors (Lipinski definition) is 5. The Hall–Kier alpha value is -3.00. The standard InChI is InChI=1S/C23H28N6OS/c1-17-13-18(2)29(26-17)16-22(30)28-11-9-27(10-12-28)21-8-6-5-7-20(21)19-14-24-23(25-15-19)31(3)4/h5-8,13-15H,3,9-12,16H2,1-2,4H3. The SMILES string of the molecule is C=S(C)c1ncc(-c2ccccc2N2CCN(C(=O)Cn3nc(C)cc3C)CC2)cn1. The zero-order valence-corrected chi connectivity index (χ0v) is 19.1. The summed E-state index contributed by atoms with van der Waals surface area (Å²) in [5, 5.41) is 5.19. The molecule has 1 amide bonds. The summed E-state index contributed by atoms with van der Waals surface area (Å²) in [4.78, 5) is 26.0. The average Bonchev–Trinajstić information content (AvgIpc) is 3.10. The molecule has 0 saturated carbocycles. The molecule has 1 aliphatic rings. The van der Waals surface area contributed by atoms with Gasteiger partial charge >= 0.3 is 0 Å². The fourth-order valence-corrected chi connectivity index (χ4v) is 4.35. The normalized spacial score (nSPS) is 15.2. The average molecular weight is 437 g/mol. The molecule has 0 bridgehead atoms. The smallest absolute Gasteiger partial charge is 0.244 e. The van der Waals surface area contributed by atoms with Gasteiger partial charge in [-0.05, 0) is 32.2 Å². The lowest BCUT2D eigenvalue weighted by atomic mass is 10.1. The monoisotopic (exact) mass is 436 g/mol. The summed E-state index contributed by atoms with van der Waals surface area (Å²) in [6.45, 7) is 7.20. The number of aryl methyl sites for hydroxylation is 2. The Labute approximate surface area is 185 Å².